The first-order valence-electron chi connectivity index (χ1n) is 9.81. The zero-order valence-electron chi connectivity index (χ0n) is 17.6. The van der Waals surface area contributed by atoms with Crippen LogP contribution in [-0.4, -0.2) is 39.9 Å². The number of ether oxygens (including phenoxy) is 2. The van der Waals surface area contributed by atoms with Crippen molar-refractivity contribution < 1.29 is 14.3 Å². The molecule has 2 heterocycles. The Bertz CT molecular complexity index is 1200. The lowest BCUT2D eigenvalue weighted by molar-refractivity contribution is 0.0587. The summed E-state index contributed by atoms with van der Waals surface area (Å²) in [4.78, 5) is 21.0. The number of nitrogens with zero attached hydrogens (tertiary/aromatic N) is 4. The molecule has 8 nitrogen and oxygen atoms in total. The van der Waals surface area contributed by atoms with E-state index in [1.807, 2.05) is 43.3 Å². The smallest absolute Gasteiger partial charge is 0.376 e. The van der Waals surface area contributed by atoms with Gasteiger partial charge in [0, 0.05) is 6.54 Å². The number of aromatic nitrogens is 4. The van der Waals surface area contributed by atoms with Crippen LogP contribution in [0.1, 0.15) is 27.3 Å². The van der Waals surface area contributed by atoms with E-state index in [2.05, 4.69) is 32.5 Å². The maximum absolute atomic E-state index is 12.2. The maximum atomic E-state index is 12.2. The van der Waals surface area contributed by atoms with Crippen LogP contribution in [0.2, 0.25) is 0 Å². The number of methoxy groups -OCH3 is 2. The highest BCUT2D eigenvalue weighted by atomic mass is 16.5. The van der Waals surface area contributed by atoms with E-state index >= 15 is 0 Å². The van der Waals surface area contributed by atoms with Crippen LogP contribution in [0, 0.1) is 6.92 Å². The molecule has 2 aromatic carbocycles. The van der Waals surface area contributed by atoms with Crippen LogP contribution in [0.5, 0.6) is 5.75 Å². The average molecular weight is 417 g/mol. The summed E-state index contributed by atoms with van der Waals surface area (Å²) in [5.41, 5.74) is 3.88. The molecular weight excluding hydrogens is 394 g/mol. The Morgan fingerprint density at radius 1 is 1.00 bits per heavy atom. The predicted molar refractivity (Wildman–Crippen MR) is 117 cm³/mol. The minimum absolute atomic E-state index is 0.0158. The van der Waals surface area contributed by atoms with Crippen molar-refractivity contribution in [3.63, 3.8) is 0 Å². The van der Waals surface area contributed by atoms with E-state index in [1.165, 1.54) is 12.7 Å². The van der Waals surface area contributed by atoms with E-state index in [9.17, 15) is 4.79 Å². The fourth-order valence-corrected chi connectivity index (χ4v) is 3.18. The Morgan fingerprint density at radius 3 is 2.39 bits per heavy atom. The van der Waals surface area contributed by atoms with Gasteiger partial charge in [0.2, 0.25) is 5.82 Å². The standard InChI is InChI=1S/C23H23N5O3/c1-15-4-6-17(7-5-15)14-28-22-19(13-25-28)20(26-21(27-22)23(29)31-3)24-12-16-8-10-18(30-2)11-9-16/h4-11,13H,12,14H2,1-3H3,(H,24,26,27). The lowest BCUT2D eigenvalue weighted by Gasteiger charge is -2.10. The van der Waals surface area contributed by atoms with Crippen molar-refractivity contribution in [1.82, 2.24) is 19.7 Å². The zero-order chi connectivity index (χ0) is 21.8. The van der Waals surface area contributed by atoms with Gasteiger partial charge in [-0.1, -0.05) is 42.0 Å². The van der Waals surface area contributed by atoms with Crippen molar-refractivity contribution >= 4 is 22.8 Å². The van der Waals surface area contributed by atoms with Gasteiger partial charge in [-0.25, -0.2) is 19.4 Å². The molecule has 0 spiro atoms. The van der Waals surface area contributed by atoms with E-state index in [1.54, 1.807) is 18.0 Å². The molecule has 2 aromatic heterocycles. The summed E-state index contributed by atoms with van der Waals surface area (Å²) in [6.07, 6.45) is 1.71. The van der Waals surface area contributed by atoms with Crippen molar-refractivity contribution in [2.24, 2.45) is 0 Å². The van der Waals surface area contributed by atoms with Gasteiger partial charge in [-0.3, -0.25) is 0 Å². The van der Waals surface area contributed by atoms with Gasteiger partial charge in [0.05, 0.1) is 32.3 Å². The summed E-state index contributed by atoms with van der Waals surface area (Å²) in [5.74, 6) is 0.699. The molecule has 0 saturated carbocycles. The number of aryl methyl sites for hydroxylation is 1. The minimum Gasteiger partial charge on any atom is -0.497 e. The zero-order valence-corrected chi connectivity index (χ0v) is 17.6. The summed E-state index contributed by atoms with van der Waals surface area (Å²) in [6, 6.07) is 15.9. The van der Waals surface area contributed by atoms with Gasteiger partial charge in [-0.2, -0.15) is 5.10 Å². The monoisotopic (exact) mass is 417 g/mol. The summed E-state index contributed by atoms with van der Waals surface area (Å²) in [7, 11) is 2.94. The van der Waals surface area contributed by atoms with E-state index in [-0.39, 0.29) is 5.82 Å². The van der Waals surface area contributed by atoms with Crippen LogP contribution < -0.4 is 10.1 Å². The van der Waals surface area contributed by atoms with Crippen LogP contribution in [0.15, 0.2) is 54.7 Å². The normalized spacial score (nSPS) is 10.8. The van der Waals surface area contributed by atoms with Crippen molar-refractivity contribution in [2.75, 3.05) is 19.5 Å². The summed E-state index contributed by atoms with van der Waals surface area (Å²) in [5, 5.41) is 8.51. The summed E-state index contributed by atoms with van der Waals surface area (Å²) in [6.45, 7) is 3.09. The van der Waals surface area contributed by atoms with Gasteiger partial charge < -0.3 is 14.8 Å². The number of rotatable bonds is 7. The number of carbonyl (C=O) groups excluding carboxylic acids is 1. The molecule has 158 valence electrons. The van der Waals surface area contributed by atoms with Crippen molar-refractivity contribution in [3.05, 3.63) is 77.2 Å². The minimum atomic E-state index is -0.600. The number of anilines is 1. The molecule has 0 aliphatic heterocycles. The van der Waals surface area contributed by atoms with Crippen LogP contribution in [0.25, 0.3) is 11.0 Å². The molecular formula is C23H23N5O3. The number of fused-ring (bicyclic) bond motifs is 1. The molecule has 31 heavy (non-hydrogen) atoms. The summed E-state index contributed by atoms with van der Waals surface area (Å²) >= 11 is 0. The highest BCUT2D eigenvalue weighted by Gasteiger charge is 2.18. The maximum Gasteiger partial charge on any atom is 0.376 e. The van der Waals surface area contributed by atoms with Crippen molar-refractivity contribution in [3.8, 4) is 5.75 Å². The fraction of sp³-hybridized carbons (Fsp3) is 0.217. The number of hydrogen-bond donors (Lipinski definition) is 1. The molecule has 0 aliphatic rings. The second-order valence-electron chi connectivity index (χ2n) is 7.11. The fourth-order valence-electron chi connectivity index (χ4n) is 3.18. The quantitative estimate of drug-likeness (QED) is 0.460. The molecule has 0 amide bonds. The molecule has 4 rings (SSSR count). The number of esters is 1. The lowest BCUT2D eigenvalue weighted by atomic mass is 10.1. The topological polar surface area (TPSA) is 91.2 Å². The van der Waals surface area contributed by atoms with Gasteiger partial charge in [0.1, 0.15) is 11.6 Å². The van der Waals surface area contributed by atoms with Crippen LogP contribution in [0.3, 0.4) is 0 Å². The first kappa shape index (κ1) is 20.3. The summed E-state index contributed by atoms with van der Waals surface area (Å²) < 4.78 is 11.8. The molecule has 0 fully saturated rings. The molecule has 1 N–H and O–H groups in total. The lowest BCUT2D eigenvalue weighted by Crippen LogP contribution is -2.12. The van der Waals surface area contributed by atoms with E-state index < -0.39 is 5.97 Å². The Labute approximate surface area is 179 Å². The van der Waals surface area contributed by atoms with Gasteiger partial charge >= 0.3 is 5.97 Å². The third-order valence-corrected chi connectivity index (χ3v) is 4.94. The number of carbonyl (C=O) groups is 1. The molecule has 0 bridgehead atoms. The molecule has 0 saturated heterocycles. The first-order chi connectivity index (χ1) is 15.1. The van der Waals surface area contributed by atoms with Gasteiger partial charge in [0.15, 0.2) is 5.65 Å². The van der Waals surface area contributed by atoms with E-state index in [0.29, 0.717) is 24.6 Å². The van der Waals surface area contributed by atoms with Gasteiger partial charge in [-0.15, -0.1) is 0 Å². The Hall–Kier alpha value is -3.94. The molecule has 4 aromatic rings. The van der Waals surface area contributed by atoms with Crippen LogP contribution in [0.4, 0.5) is 5.82 Å². The third kappa shape index (κ3) is 4.48. The predicted octanol–water partition coefficient (Wildman–Crippen LogP) is 3.59. The van der Waals surface area contributed by atoms with E-state index in [0.717, 1.165) is 22.3 Å². The highest BCUT2D eigenvalue weighted by Crippen LogP contribution is 2.22. The van der Waals surface area contributed by atoms with Crippen LogP contribution in [-0.2, 0) is 17.8 Å². The van der Waals surface area contributed by atoms with Crippen molar-refractivity contribution in [2.45, 2.75) is 20.0 Å². The number of nitrogens with one attached hydrogen (secondary N) is 1. The molecule has 0 radical (unpaired) electrons. The molecule has 0 aliphatic carbocycles. The second-order valence-corrected chi connectivity index (χ2v) is 7.11. The van der Waals surface area contributed by atoms with Crippen LogP contribution >= 0.6 is 0 Å². The number of benzene rings is 2. The van der Waals surface area contributed by atoms with Gasteiger partial charge in [-0.05, 0) is 30.2 Å². The molecule has 0 unspecified atom stereocenters. The van der Waals surface area contributed by atoms with Gasteiger partial charge in [0.25, 0.3) is 0 Å². The third-order valence-electron chi connectivity index (χ3n) is 4.94. The first-order valence-corrected chi connectivity index (χ1v) is 9.81. The highest BCUT2D eigenvalue weighted by molar-refractivity contribution is 5.92. The Kier molecular flexibility index (Phi) is 5.79. The van der Waals surface area contributed by atoms with Crippen molar-refractivity contribution in [1.29, 1.82) is 0 Å². The SMILES string of the molecule is COC(=O)c1nc(NCc2ccc(OC)cc2)c2cnn(Cc3ccc(C)cc3)c2n1. The largest absolute Gasteiger partial charge is 0.497 e. The van der Waals surface area contributed by atoms with E-state index in [4.69, 9.17) is 9.47 Å². The Morgan fingerprint density at radius 2 is 1.71 bits per heavy atom. The average Bonchev–Trinajstić information content (AvgIpc) is 3.21. The molecule has 8 heteroatoms. The second kappa shape index (κ2) is 8.83. The molecule has 0 atom stereocenters. The Balaban J connectivity index is 1.67. The number of hydrogen-bond acceptors (Lipinski definition) is 7.